The number of rotatable bonds is 3. The van der Waals surface area contributed by atoms with Crippen LogP contribution in [-0.2, 0) is 12.8 Å². The van der Waals surface area contributed by atoms with E-state index < -0.39 is 0 Å². The van der Waals surface area contributed by atoms with Crippen molar-refractivity contribution in [1.29, 1.82) is 0 Å². The van der Waals surface area contributed by atoms with Crippen molar-refractivity contribution in [2.24, 2.45) is 0 Å². The summed E-state index contributed by atoms with van der Waals surface area (Å²) < 4.78 is 1.80. The molecule has 0 amide bonds. The lowest BCUT2D eigenvalue weighted by molar-refractivity contribution is 0.484. The molecule has 0 N–H and O–H groups in total. The van der Waals surface area contributed by atoms with Crippen molar-refractivity contribution in [2.45, 2.75) is 38.6 Å². The monoisotopic (exact) mass is 350 g/mol. The Morgan fingerprint density at radius 1 is 1.08 bits per heavy atom. The maximum absolute atomic E-state index is 4.67. The van der Waals surface area contributed by atoms with Crippen LogP contribution >= 0.6 is 0 Å². The van der Waals surface area contributed by atoms with E-state index in [2.05, 4.69) is 42.1 Å². The van der Waals surface area contributed by atoms with Gasteiger partial charge in [0.25, 0.3) is 0 Å². The van der Waals surface area contributed by atoms with Crippen molar-refractivity contribution in [3.8, 4) is 0 Å². The van der Waals surface area contributed by atoms with E-state index in [1.807, 2.05) is 19.1 Å². The number of likely N-dealkylation sites (N-methyl/N-ethyl adjacent to an activating group) is 1. The van der Waals surface area contributed by atoms with Crippen molar-refractivity contribution in [1.82, 2.24) is 29.8 Å². The van der Waals surface area contributed by atoms with Crippen molar-refractivity contribution in [3.63, 3.8) is 0 Å². The third-order valence-electron chi connectivity index (χ3n) is 5.57. The summed E-state index contributed by atoms with van der Waals surface area (Å²) in [5, 5.41) is 12.8. The van der Waals surface area contributed by atoms with Gasteiger partial charge in [-0.15, -0.1) is 15.3 Å². The molecule has 0 radical (unpaired) electrons. The van der Waals surface area contributed by atoms with Crippen LogP contribution < -0.4 is 9.80 Å². The molecule has 1 aliphatic heterocycles. The molecule has 0 bridgehead atoms. The molecular formula is C18H22N8. The zero-order chi connectivity index (χ0) is 17.7. The summed E-state index contributed by atoms with van der Waals surface area (Å²) in [6, 6.07) is 4.43. The number of nitrogens with zero attached hydrogens (tertiary/aromatic N) is 8. The summed E-state index contributed by atoms with van der Waals surface area (Å²) in [5.41, 5.74) is 3.37. The van der Waals surface area contributed by atoms with Gasteiger partial charge in [0.1, 0.15) is 18.0 Å². The molecule has 2 aliphatic rings. The second-order valence-electron chi connectivity index (χ2n) is 7.21. The second-order valence-corrected chi connectivity index (χ2v) is 7.21. The number of hydrogen-bond acceptors (Lipinski definition) is 7. The van der Waals surface area contributed by atoms with Crippen LogP contribution in [-0.4, -0.2) is 56.0 Å². The summed E-state index contributed by atoms with van der Waals surface area (Å²) in [4.78, 5) is 13.7. The van der Waals surface area contributed by atoms with Gasteiger partial charge in [0, 0.05) is 31.4 Å². The molecule has 1 fully saturated rings. The van der Waals surface area contributed by atoms with Crippen LogP contribution in [0.15, 0.2) is 18.5 Å². The van der Waals surface area contributed by atoms with E-state index in [-0.39, 0.29) is 0 Å². The normalized spacial score (nSPS) is 17.2. The molecular weight excluding hydrogens is 328 g/mol. The summed E-state index contributed by atoms with van der Waals surface area (Å²) >= 11 is 0. The fourth-order valence-electron chi connectivity index (χ4n) is 3.92. The van der Waals surface area contributed by atoms with Crippen molar-refractivity contribution in [2.75, 3.05) is 29.9 Å². The van der Waals surface area contributed by atoms with Gasteiger partial charge in [-0.2, -0.15) is 4.52 Å². The molecule has 0 atom stereocenters. The molecule has 4 heterocycles. The molecule has 1 saturated heterocycles. The highest BCUT2D eigenvalue weighted by Crippen LogP contribution is 2.30. The quantitative estimate of drug-likeness (QED) is 0.707. The minimum atomic E-state index is 0.440. The highest BCUT2D eigenvalue weighted by atomic mass is 15.4. The Morgan fingerprint density at radius 2 is 1.92 bits per heavy atom. The first-order valence-electron chi connectivity index (χ1n) is 9.20. The molecule has 0 unspecified atom stereocenters. The Balaban J connectivity index is 1.34. The number of aromatic nitrogens is 6. The number of anilines is 2. The van der Waals surface area contributed by atoms with Gasteiger partial charge in [0.15, 0.2) is 11.5 Å². The molecule has 3 aromatic rings. The Kier molecular flexibility index (Phi) is 3.51. The molecule has 134 valence electrons. The van der Waals surface area contributed by atoms with E-state index in [0.29, 0.717) is 6.04 Å². The van der Waals surface area contributed by atoms with Crippen molar-refractivity contribution in [3.05, 3.63) is 35.5 Å². The van der Waals surface area contributed by atoms with Crippen LogP contribution in [0.2, 0.25) is 0 Å². The molecule has 3 aromatic heterocycles. The summed E-state index contributed by atoms with van der Waals surface area (Å²) in [7, 11) is 2.15. The molecule has 8 nitrogen and oxygen atoms in total. The van der Waals surface area contributed by atoms with Crippen LogP contribution in [0.3, 0.4) is 0 Å². The van der Waals surface area contributed by atoms with Gasteiger partial charge in [0.2, 0.25) is 0 Å². The first-order chi connectivity index (χ1) is 12.7. The molecule has 5 rings (SSSR count). The largest absolute Gasteiger partial charge is 0.353 e. The molecule has 1 aliphatic carbocycles. The van der Waals surface area contributed by atoms with E-state index in [4.69, 9.17) is 0 Å². The predicted octanol–water partition coefficient (Wildman–Crippen LogP) is 1.43. The van der Waals surface area contributed by atoms with Crippen LogP contribution in [0, 0.1) is 6.92 Å². The predicted molar refractivity (Wildman–Crippen MR) is 98.6 cm³/mol. The average Bonchev–Trinajstić information content (AvgIpc) is 3.00. The maximum atomic E-state index is 4.67. The van der Waals surface area contributed by atoms with Crippen molar-refractivity contribution < 1.29 is 0 Å². The maximum Gasteiger partial charge on any atom is 0.178 e. The van der Waals surface area contributed by atoms with E-state index in [0.717, 1.165) is 49.0 Å². The Bertz CT molecular complexity index is 959. The molecule has 0 aromatic carbocycles. The van der Waals surface area contributed by atoms with E-state index in [1.165, 1.54) is 24.1 Å². The Labute approximate surface area is 151 Å². The van der Waals surface area contributed by atoms with E-state index in [1.54, 1.807) is 10.8 Å². The van der Waals surface area contributed by atoms with Gasteiger partial charge in [-0.05, 0) is 44.7 Å². The van der Waals surface area contributed by atoms with Gasteiger partial charge < -0.3 is 9.80 Å². The minimum absolute atomic E-state index is 0.440. The zero-order valence-electron chi connectivity index (χ0n) is 15.1. The Hall–Kier alpha value is -2.77. The zero-order valence-corrected chi connectivity index (χ0v) is 15.1. The van der Waals surface area contributed by atoms with Crippen LogP contribution in [0.1, 0.15) is 29.9 Å². The van der Waals surface area contributed by atoms with Crippen LogP contribution in [0.25, 0.3) is 5.65 Å². The standard InChI is InChI=1S/C18H22N8/c1-12-21-22-16-7-8-17(23-26(12)16)25-9-13(10-25)24(2)18-14-5-3-4-6-15(14)19-11-20-18/h7-8,11,13H,3-6,9-10H2,1-2H3. The lowest BCUT2D eigenvalue weighted by Crippen LogP contribution is -2.59. The molecule has 8 heteroatoms. The Morgan fingerprint density at radius 3 is 2.81 bits per heavy atom. The van der Waals surface area contributed by atoms with E-state index >= 15 is 0 Å². The SMILES string of the molecule is Cc1nnc2ccc(N3CC(N(C)c4ncnc5c4CCCC5)C3)nn12. The molecule has 0 spiro atoms. The highest BCUT2D eigenvalue weighted by Gasteiger charge is 2.33. The fourth-order valence-corrected chi connectivity index (χ4v) is 3.92. The molecule has 26 heavy (non-hydrogen) atoms. The number of fused-ring (bicyclic) bond motifs is 2. The van der Waals surface area contributed by atoms with Gasteiger partial charge in [-0.3, -0.25) is 0 Å². The topological polar surface area (TPSA) is 75.3 Å². The third-order valence-corrected chi connectivity index (χ3v) is 5.57. The average molecular weight is 350 g/mol. The summed E-state index contributed by atoms with van der Waals surface area (Å²) in [5.74, 6) is 2.89. The summed E-state index contributed by atoms with van der Waals surface area (Å²) in [6.45, 7) is 3.80. The number of aryl methyl sites for hydroxylation is 2. The first-order valence-corrected chi connectivity index (χ1v) is 9.20. The highest BCUT2D eigenvalue weighted by molar-refractivity contribution is 5.54. The second kappa shape index (κ2) is 5.89. The fraction of sp³-hybridized carbons (Fsp3) is 0.500. The summed E-state index contributed by atoms with van der Waals surface area (Å²) in [6.07, 6.45) is 6.37. The van der Waals surface area contributed by atoms with Crippen molar-refractivity contribution >= 4 is 17.3 Å². The van der Waals surface area contributed by atoms with E-state index in [9.17, 15) is 0 Å². The number of hydrogen-bond donors (Lipinski definition) is 0. The minimum Gasteiger partial charge on any atom is -0.353 e. The van der Waals surface area contributed by atoms with Gasteiger partial charge in [-0.25, -0.2) is 9.97 Å². The lowest BCUT2D eigenvalue weighted by atomic mass is 9.95. The van der Waals surface area contributed by atoms with Gasteiger partial charge in [0.05, 0.1) is 6.04 Å². The lowest BCUT2D eigenvalue weighted by Gasteiger charge is -2.45. The van der Waals surface area contributed by atoms with Gasteiger partial charge >= 0.3 is 0 Å². The molecule has 0 saturated carbocycles. The van der Waals surface area contributed by atoms with Gasteiger partial charge in [-0.1, -0.05) is 0 Å². The third kappa shape index (κ3) is 2.40. The smallest absolute Gasteiger partial charge is 0.178 e. The van der Waals surface area contributed by atoms with Crippen LogP contribution in [0.4, 0.5) is 11.6 Å². The first kappa shape index (κ1) is 15.5. The van der Waals surface area contributed by atoms with Crippen LogP contribution in [0.5, 0.6) is 0 Å².